The van der Waals surface area contributed by atoms with Crippen molar-refractivity contribution in [1.82, 2.24) is 19.9 Å². The molecule has 290 valence electrons. The number of aromatic nitrogens is 4. The summed E-state index contributed by atoms with van der Waals surface area (Å²) in [4.78, 5) is 48.7. The molecule has 5 rings (SSSR count). The highest BCUT2D eigenvalue weighted by Crippen LogP contribution is 2.33. The lowest BCUT2D eigenvalue weighted by Gasteiger charge is -2.30. The number of benzene rings is 2. The maximum Gasteiger partial charge on any atom is 0.411 e. The van der Waals surface area contributed by atoms with Crippen molar-refractivity contribution < 1.29 is 28.8 Å². The predicted octanol–water partition coefficient (Wildman–Crippen LogP) is 6.23. The number of anilines is 3. The summed E-state index contributed by atoms with van der Waals surface area (Å²) in [6.07, 6.45) is 3.51. The summed E-state index contributed by atoms with van der Waals surface area (Å²) in [5, 5.41) is 25.8. The number of ether oxygens (including phenoxy) is 1. The Morgan fingerprint density at radius 2 is 1.64 bits per heavy atom. The van der Waals surface area contributed by atoms with Gasteiger partial charge in [-0.25, -0.2) is 19.7 Å². The Morgan fingerprint density at radius 1 is 0.982 bits per heavy atom. The second-order valence-corrected chi connectivity index (χ2v) is 15.9. The molecule has 55 heavy (non-hydrogen) atoms. The minimum absolute atomic E-state index is 0.0182. The number of fused-ring (bicyclic) bond motifs is 1. The summed E-state index contributed by atoms with van der Waals surface area (Å²) in [5.74, 6) is 0.912. The lowest BCUT2D eigenvalue weighted by atomic mass is 10.1. The van der Waals surface area contributed by atoms with E-state index in [-0.39, 0.29) is 23.5 Å². The summed E-state index contributed by atoms with van der Waals surface area (Å²) in [6, 6.07) is 23.4. The van der Waals surface area contributed by atoms with Gasteiger partial charge in [0.1, 0.15) is 36.4 Å². The average molecular weight is 788 g/mol. The highest BCUT2D eigenvalue weighted by Gasteiger charge is 2.18. The second kappa shape index (κ2) is 20.8. The topological polar surface area (TPSA) is 211 Å². The molecule has 4 N–H and O–H groups in total. The number of nitrogens with two attached hydrogens (primary N) is 1. The SMILES string of the molecule is CCCCNc1nc(N)nc2ccc(Cc3ccc(C[N+](C)(C)Cc4ccc(NC(=O)OC[C@@H](C)SSc5ccc([N+](=O)[O-])cn5)cc4)cc3)nc12.O=C[O-]. The van der Waals surface area contributed by atoms with Gasteiger partial charge in [-0.1, -0.05) is 60.5 Å². The predicted molar refractivity (Wildman–Crippen MR) is 215 cm³/mol. The molecule has 0 aliphatic carbocycles. The van der Waals surface area contributed by atoms with E-state index in [0.29, 0.717) is 23.0 Å². The number of carbonyl (C=O) groups excluding carboxylic acids is 2. The van der Waals surface area contributed by atoms with E-state index in [1.165, 1.54) is 45.0 Å². The van der Waals surface area contributed by atoms with Crippen LogP contribution in [0.15, 0.2) is 84.0 Å². The molecule has 0 unspecified atom stereocenters. The van der Waals surface area contributed by atoms with Crippen molar-refractivity contribution in [1.29, 1.82) is 0 Å². The minimum Gasteiger partial charge on any atom is -0.554 e. The van der Waals surface area contributed by atoms with E-state index in [2.05, 4.69) is 70.9 Å². The van der Waals surface area contributed by atoms with Crippen LogP contribution in [0.2, 0.25) is 0 Å². The van der Waals surface area contributed by atoms with Crippen molar-refractivity contribution in [3.8, 4) is 0 Å². The van der Waals surface area contributed by atoms with Gasteiger partial charge in [-0.05, 0) is 60.0 Å². The number of nitrogens with one attached hydrogen (secondary N) is 2. The first-order valence-corrected chi connectivity index (χ1v) is 19.7. The molecule has 17 heteroatoms. The molecule has 3 heterocycles. The largest absolute Gasteiger partial charge is 0.554 e. The number of hydrogen-bond acceptors (Lipinski definition) is 14. The fourth-order valence-corrected chi connectivity index (χ4v) is 7.28. The molecule has 0 aliphatic rings. The standard InChI is InChI=1S/C37H43N9O4S2.CH2O2/c1-5-6-19-39-35-34-32(43-36(38)44-35)17-15-30(41-34)20-26-7-9-27(10-8-26)22-46(3,4)23-28-11-13-29(14-12-28)42-37(47)50-24-25(2)51-52-33-18-16-31(21-40-33)45(48)49;2-1-3/h7-18,21,25H,5-6,19-20,22-24H2,1-4H3,(H3-,38,39,42,43,44,47);1H,(H,2,3)/t25-;/m1./s1. The third kappa shape index (κ3) is 14.0. The molecular formula is C38H45N9O6S2. The smallest absolute Gasteiger partial charge is 0.411 e. The third-order valence-electron chi connectivity index (χ3n) is 7.95. The third-order valence-corrected chi connectivity index (χ3v) is 10.7. The maximum absolute atomic E-state index is 12.4. The molecule has 0 saturated heterocycles. The van der Waals surface area contributed by atoms with E-state index in [1.54, 1.807) is 6.07 Å². The van der Waals surface area contributed by atoms with E-state index in [9.17, 15) is 14.9 Å². The molecule has 0 spiro atoms. The van der Waals surface area contributed by atoms with Crippen LogP contribution >= 0.6 is 21.6 Å². The van der Waals surface area contributed by atoms with Gasteiger partial charge in [0.25, 0.3) is 5.69 Å². The van der Waals surface area contributed by atoms with Crippen LogP contribution in [0.3, 0.4) is 0 Å². The van der Waals surface area contributed by atoms with E-state index in [4.69, 9.17) is 25.4 Å². The Bertz CT molecular complexity index is 2020. The van der Waals surface area contributed by atoms with Crippen LogP contribution in [0.4, 0.5) is 27.9 Å². The van der Waals surface area contributed by atoms with Gasteiger partial charge in [-0.15, -0.1) is 0 Å². The lowest BCUT2D eigenvalue weighted by Crippen LogP contribution is -2.37. The van der Waals surface area contributed by atoms with Gasteiger partial charge in [0.05, 0.1) is 24.5 Å². The Kier molecular flexibility index (Phi) is 16.0. The minimum atomic E-state index is -0.530. The normalized spacial score (nSPS) is 11.6. The molecule has 5 aromatic rings. The molecule has 1 amide bonds. The molecule has 0 radical (unpaired) electrons. The van der Waals surface area contributed by atoms with E-state index in [1.807, 2.05) is 43.3 Å². The Hall–Kier alpha value is -5.52. The van der Waals surface area contributed by atoms with Crippen LogP contribution in [0.25, 0.3) is 11.0 Å². The number of rotatable bonds is 17. The van der Waals surface area contributed by atoms with E-state index >= 15 is 0 Å². The second-order valence-electron chi connectivity index (χ2n) is 13.2. The number of unbranched alkanes of at least 4 members (excludes halogenated alkanes) is 1. The zero-order valence-corrected chi connectivity index (χ0v) is 32.8. The van der Waals surface area contributed by atoms with Gasteiger partial charge in [0.15, 0.2) is 5.82 Å². The van der Waals surface area contributed by atoms with Crippen molar-refractivity contribution in [2.24, 2.45) is 0 Å². The zero-order valence-electron chi connectivity index (χ0n) is 31.1. The molecule has 0 aliphatic heterocycles. The summed E-state index contributed by atoms with van der Waals surface area (Å²) >= 11 is 0. The fraction of sp³-hybridized carbons (Fsp3) is 0.316. The maximum atomic E-state index is 12.4. The molecule has 0 fully saturated rings. The van der Waals surface area contributed by atoms with Gasteiger partial charge in [0.2, 0.25) is 5.95 Å². The molecule has 2 aromatic carbocycles. The molecule has 15 nitrogen and oxygen atoms in total. The van der Waals surface area contributed by atoms with Crippen LogP contribution in [0.5, 0.6) is 0 Å². The number of carboxylic acid groups (broad SMARTS) is 1. The Balaban J connectivity index is 0.00000217. The van der Waals surface area contributed by atoms with Gasteiger partial charge in [-0.3, -0.25) is 15.4 Å². The highest BCUT2D eigenvalue weighted by molar-refractivity contribution is 8.76. The van der Waals surface area contributed by atoms with Crippen molar-refractivity contribution in [3.63, 3.8) is 0 Å². The van der Waals surface area contributed by atoms with Gasteiger partial charge >= 0.3 is 6.09 Å². The van der Waals surface area contributed by atoms with Crippen molar-refractivity contribution in [2.75, 3.05) is 43.6 Å². The van der Waals surface area contributed by atoms with Crippen molar-refractivity contribution in [2.45, 2.75) is 56.5 Å². The Morgan fingerprint density at radius 3 is 2.25 bits per heavy atom. The number of nitrogen functional groups attached to an aromatic ring is 1. The first kappa shape index (κ1) is 42.2. The van der Waals surface area contributed by atoms with E-state index in [0.717, 1.165) is 59.2 Å². The first-order valence-electron chi connectivity index (χ1n) is 17.5. The molecule has 0 saturated carbocycles. The Labute approximate surface area is 327 Å². The summed E-state index contributed by atoms with van der Waals surface area (Å²) in [6.45, 7) is 6.24. The van der Waals surface area contributed by atoms with Gasteiger partial charge < -0.3 is 30.2 Å². The van der Waals surface area contributed by atoms with Crippen molar-refractivity contribution >= 4 is 68.3 Å². The summed E-state index contributed by atoms with van der Waals surface area (Å²) in [7, 11) is 7.25. The number of hydrogen-bond donors (Lipinski definition) is 3. The summed E-state index contributed by atoms with van der Waals surface area (Å²) in [5.41, 5.74) is 12.5. The molecular weight excluding hydrogens is 743 g/mol. The number of nitrogens with zero attached hydrogens (tertiary/aromatic N) is 6. The average Bonchev–Trinajstić information content (AvgIpc) is 3.15. The molecule has 1 atom stereocenters. The monoisotopic (exact) mass is 787 g/mol. The van der Waals surface area contributed by atoms with Gasteiger partial charge in [0, 0.05) is 53.3 Å². The zero-order chi connectivity index (χ0) is 39.8. The first-order chi connectivity index (χ1) is 26.4. The lowest BCUT2D eigenvalue weighted by molar-refractivity contribution is -0.916. The number of carbonyl (C=O) groups is 2. The van der Waals surface area contributed by atoms with E-state index < -0.39 is 17.5 Å². The molecule has 3 aromatic heterocycles. The number of nitro groups is 1. The highest BCUT2D eigenvalue weighted by atomic mass is 33.1. The van der Waals surface area contributed by atoms with Crippen LogP contribution in [0.1, 0.15) is 49.1 Å². The van der Waals surface area contributed by atoms with Crippen LogP contribution < -0.4 is 21.5 Å². The van der Waals surface area contributed by atoms with Gasteiger partial charge in [-0.2, -0.15) is 4.98 Å². The number of amides is 1. The van der Waals surface area contributed by atoms with Crippen molar-refractivity contribution in [3.05, 3.63) is 111 Å². The number of pyridine rings is 2. The number of quaternary nitrogens is 1. The van der Waals surface area contributed by atoms with Crippen LogP contribution in [-0.4, -0.2) is 74.4 Å². The van der Waals surface area contributed by atoms with Crippen LogP contribution in [-0.2, 0) is 29.0 Å². The summed E-state index contributed by atoms with van der Waals surface area (Å²) < 4.78 is 6.15. The quantitative estimate of drug-likeness (QED) is 0.0238. The van der Waals surface area contributed by atoms with Crippen LogP contribution in [0, 0.1) is 10.1 Å². The molecule has 0 bridgehead atoms. The fourth-order valence-electron chi connectivity index (χ4n) is 5.42.